The minimum Gasteiger partial charge on any atom is -0.480 e. The van der Waals surface area contributed by atoms with Crippen LogP contribution in [0.25, 0.3) is 0 Å². The second kappa shape index (κ2) is 12.0. The van der Waals surface area contributed by atoms with Crippen LogP contribution in [0.1, 0.15) is 37.5 Å². The summed E-state index contributed by atoms with van der Waals surface area (Å²) in [5.41, 5.74) is 2.66. The van der Waals surface area contributed by atoms with E-state index in [4.69, 9.17) is 0 Å². The highest BCUT2D eigenvalue weighted by Crippen LogP contribution is 2.48. The molecule has 220 valence electrons. The van der Waals surface area contributed by atoms with Crippen molar-refractivity contribution >= 4 is 17.9 Å². The number of hydrogen-bond acceptors (Lipinski definition) is 4. The molecule has 5 rings (SSSR count). The Morgan fingerprint density at radius 1 is 0.810 bits per heavy atom. The fourth-order valence-electron chi connectivity index (χ4n) is 6.65. The highest BCUT2D eigenvalue weighted by Gasteiger charge is 2.57. The van der Waals surface area contributed by atoms with Crippen LogP contribution < -0.4 is 0 Å². The number of carboxylic acids is 1. The number of likely N-dealkylation sites (N-methyl/N-ethyl adjacent to an activating group) is 1. The smallest absolute Gasteiger partial charge is 0.326 e. The number of amides is 3. The third kappa shape index (κ3) is 5.27. The molecule has 4 atom stereocenters. The van der Waals surface area contributed by atoms with E-state index in [9.17, 15) is 19.5 Å². The SMILES string of the molecule is CC(C)[C@@H](C(=O)O)N(C)C(=O)N1CCN(C(=O)[C@@H]2CN2C(c2ccccc2)(c2ccccc2)c2ccccc2)[C@@H](C)C1. The molecule has 3 aromatic carbocycles. The first-order valence-corrected chi connectivity index (χ1v) is 14.7. The Morgan fingerprint density at radius 3 is 1.69 bits per heavy atom. The lowest BCUT2D eigenvalue weighted by atomic mass is 9.76. The van der Waals surface area contributed by atoms with E-state index in [1.807, 2.05) is 66.4 Å². The summed E-state index contributed by atoms with van der Waals surface area (Å²) < 4.78 is 0. The molecule has 2 fully saturated rings. The largest absolute Gasteiger partial charge is 0.480 e. The number of carboxylic acid groups (broad SMARTS) is 1. The first kappa shape index (κ1) is 29.3. The van der Waals surface area contributed by atoms with Gasteiger partial charge in [0.15, 0.2) is 0 Å². The van der Waals surface area contributed by atoms with Crippen LogP contribution in [0.15, 0.2) is 91.0 Å². The monoisotopic (exact) mass is 568 g/mol. The van der Waals surface area contributed by atoms with Crippen molar-refractivity contribution in [3.8, 4) is 0 Å². The highest BCUT2D eigenvalue weighted by molar-refractivity contribution is 5.87. The normalized spacial score (nSPS) is 21.1. The summed E-state index contributed by atoms with van der Waals surface area (Å²) in [7, 11) is 1.54. The third-order valence-corrected chi connectivity index (χ3v) is 8.69. The zero-order chi connectivity index (χ0) is 30.0. The molecule has 42 heavy (non-hydrogen) atoms. The van der Waals surface area contributed by atoms with Crippen LogP contribution in [0.3, 0.4) is 0 Å². The van der Waals surface area contributed by atoms with Crippen LogP contribution in [0.2, 0.25) is 0 Å². The summed E-state index contributed by atoms with van der Waals surface area (Å²) >= 11 is 0. The predicted molar refractivity (Wildman–Crippen MR) is 162 cm³/mol. The van der Waals surface area contributed by atoms with Crippen LogP contribution in [0.4, 0.5) is 4.79 Å². The van der Waals surface area contributed by atoms with E-state index in [2.05, 4.69) is 41.3 Å². The molecule has 8 heteroatoms. The van der Waals surface area contributed by atoms with Gasteiger partial charge in [-0.2, -0.15) is 0 Å². The van der Waals surface area contributed by atoms with Gasteiger partial charge in [0, 0.05) is 39.3 Å². The van der Waals surface area contributed by atoms with Crippen LogP contribution in [-0.4, -0.2) is 94.0 Å². The summed E-state index contributed by atoms with van der Waals surface area (Å²) in [5.74, 6) is -1.19. The second-order valence-electron chi connectivity index (χ2n) is 11.7. The Bertz CT molecular complexity index is 1300. The average molecular weight is 569 g/mol. The number of carbonyl (C=O) groups excluding carboxylic acids is 2. The van der Waals surface area contributed by atoms with E-state index in [0.29, 0.717) is 26.2 Å². The molecule has 3 aromatic rings. The van der Waals surface area contributed by atoms with Crippen molar-refractivity contribution in [2.24, 2.45) is 5.92 Å². The van der Waals surface area contributed by atoms with Gasteiger partial charge >= 0.3 is 12.0 Å². The maximum Gasteiger partial charge on any atom is 0.326 e. The van der Waals surface area contributed by atoms with Gasteiger partial charge in [-0.1, -0.05) is 105 Å². The molecule has 0 bridgehead atoms. The molecule has 1 N–H and O–H groups in total. The standard InChI is InChI=1S/C34H40N4O4/c1-24(2)30(32(40)41)35(4)33(42)36-20-21-37(25(3)22-36)31(39)29-23-38(29)34(26-14-8-5-9-15-26,27-16-10-6-11-17-27)28-18-12-7-13-19-28/h5-19,24-25,29-30H,20-23H2,1-4H3,(H,40,41)/t25-,29-,30-,38?/m0/s1. The summed E-state index contributed by atoms with van der Waals surface area (Å²) in [6.45, 7) is 7.27. The number of benzene rings is 3. The quantitative estimate of drug-likeness (QED) is 0.323. The Labute approximate surface area is 248 Å². The Kier molecular flexibility index (Phi) is 8.36. The van der Waals surface area contributed by atoms with Crippen molar-refractivity contribution in [1.82, 2.24) is 19.6 Å². The van der Waals surface area contributed by atoms with Crippen LogP contribution in [0, 0.1) is 5.92 Å². The van der Waals surface area contributed by atoms with Crippen molar-refractivity contribution in [2.45, 2.75) is 44.4 Å². The Hall–Kier alpha value is -4.17. The van der Waals surface area contributed by atoms with Crippen molar-refractivity contribution in [3.63, 3.8) is 0 Å². The lowest BCUT2D eigenvalue weighted by Gasteiger charge is -2.43. The maximum absolute atomic E-state index is 14.1. The minimum atomic E-state index is -1.02. The lowest BCUT2D eigenvalue weighted by Crippen LogP contribution is -2.60. The summed E-state index contributed by atoms with van der Waals surface area (Å²) in [5, 5.41) is 9.66. The van der Waals surface area contributed by atoms with Crippen molar-refractivity contribution < 1.29 is 19.5 Å². The summed E-state index contributed by atoms with van der Waals surface area (Å²) in [6.07, 6.45) is 0. The summed E-state index contributed by atoms with van der Waals surface area (Å²) in [4.78, 5) is 46.3. The van der Waals surface area contributed by atoms with Gasteiger partial charge in [-0.3, -0.25) is 9.69 Å². The maximum atomic E-state index is 14.1. The topological polar surface area (TPSA) is 84.2 Å². The minimum absolute atomic E-state index is 0.0562. The number of nitrogens with zero attached hydrogens (tertiary/aromatic N) is 4. The highest BCUT2D eigenvalue weighted by atomic mass is 16.4. The molecule has 8 nitrogen and oxygen atoms in total. The molecule has 0 spiro atoms. The molecular weight excluding hydrogens is 528 g/mol. The third-order valence-electron chi connectivity index (χ3n) is 8.69. The number of carbonyl (C=O) groups is 3. The first-order valence-electron chi connectivity index (χ1n) is 14.7. The molecule has 0 aromatic heterocycles. The molecule has 3 amide bonds. The molecule has 2 heterocycles. The molecule has 2 aliphatic heterocycles. The van der Waals surface area contributed by atoms with E-state index in [0.717, 1.165) is 16.7 Å². The number of hydrogen-bond donors (Lipinski definition) is 1. The molecule has 0 saturated carbocycles. The van der Waals surface area contributed by atoms with Gasteiger partial charge < -0.3 is 19.8 Å². The van der Waals surface area contributed by atoms with Gasteiger partial charge in [0.25, 0.3) is 0 Å². The van der Waals surface area contributed by atoms with Gasteiger partial charge in [0.05, 0.1) is 5.54 Å². The molecule has 2 saturated heterocycles. The molecule has 0 radical (unpaired) electrons. The lowest BCUT2D eigenvalue weighted by molar-refractivity contribution is -0.143. The fourth-order valence-corrected chi connectivity index (χ4v) is 6.65. The molecule has 2 aliphatic rings. The fraction of sp³-hybridized carbons (Fsp3) is 0.382. The van der Waals surface area contributed by atoms with Gasteiger partial charge in [0.2, 0.25) is 5.91 Å². The van der Waals surface area contributed by atoms with Crippen LogP contribution >= 0.6 is 0 Å². The zero-order valence-corrected chi connectivity index (χ0v) is 24.8. The molecule has 0 aliphatic carbocycles. The first-order chi connectivity index (χ1) is 20.2. The summed E-state index contributed by atoms with van der Waals surface area (Å²) in [6, 6.07) is 29.3. The number of rotatable bonds is 8. The second-order valence-corrected chi connectivity index (χ2v) is 11.7. The van der Waals surface area contributed by atoms with E-state index in [1.165, 1.54) is 4.90 Å². The Balaban J connectivity index is 1.39. The van der Waals surface area contributed by atoms with Gasteiger partial charge in [-0.05, 0) is 29.5 Å². The van der Waals surface area contributed by atoms with E-state index in [-0.39, 0.29) is 29.9 Å². The van der Waals surface area contributed by atoms with Gasteiger partial charge in [0.1, 0.15) is 12.1 Å². The number of aliphatic carboxylic acids is 1. The van der Waals surface area contributed by atoms with Crippen molar-refractivity contribution in [2.75, 3.05) is 33.2 Å². The van der Waals surface area contributed by atoms with Crippen molar-refractivity contribution in [3.05, 3.63) is 108 Å². The molecular formula is C34H40N4O4. The predicted octanol–water partition coefficient (Wildman–Crippen LogP) is 4.36. The number of piperazine rings is 1. The Morgan fingerprint density at radius 2 is 1.29 bits per heavy atom. The van der Waals surface area contributed by atoms with Crippen molar-refractivity contribution in [1.29, 1.82) is 0 Å². The van der Waals surface area contributed by atoms with E-state index >= 15 is 0 Å². The van der Waals surface area contributed by atoms with Crippen LogP contribution in [0.5, 0.6) is 0 Å². The number of urea groups is 1. The molecule has 1 unspecified atom stereocenters. The van der Waals surface area contributed by atoms with Crippen LogP contribution in [-0.2, 0) is 15.1 Å². The van der Waals surface area contributed by atoms with E-state index in [1.54, 1.807) is 25.8 Å². The zero-order valence-electron chi connectivity index (χ0n) is 24.8. The van der Waals surface area contributed by atoms with Gasteiger partial charge in [-0.25, -0.2) is 9.59 Å². The van der Waals surface area contributed by atoms with Gasteiger partial charge in [-0.15, -0.1) is 0 Å². The van der Waals surface area contributed by atoms with E-state index < -0.39 is 17.6 Å². The average Bonchev–Trinajstić information content (AvgIpc) is 3.79.